The van der Waals surface area contributed by atoms with Crippen molar-refractivity contribution in [3.05, 3.63) is 0 Å². The Kier molecular flexibility index (Phi) is 2.35. The fourth-order valence-electron chi connectivity index (χ4n) is 1.07. The van der Waals surface area contributed by atoms with Gasteiger partial charge in [0, 0.05) is 0 Å². The summed E-state index contributed by atoms with van der Waals surface area (Å²) in [7, 11) is 0. The smallest absolute Gasteiger partial charge is 0.329 e. The Bertz CT molecular complexity index is 212. The summed E-state index contributed by atoms with van der Waals surface area (Å²) in [5, 5.41) is 2.55. The first-order valence-electron chi connectivity index (χ1n) is 4.03. The van der Waals surface area contributed by atoms with E-state index in [0.717, 1.165) is 0 Å². The van der Waals surface area contributed by atoms with Gasteiger partial charge < -0.3 is 10.1 Å². The van der Waals surface area contributed by atoms with Crippen LogP contribution in [-0.4, -0.2) is 24.0 Å². The molecule has 0 spiro atoms. The molecule has 1 heterocycles. The van der Waals surface area contributed by atoms with Crippen LogP contribution in [0.25, 0.3) is 0 Å². The van der Waals surface area contributed by atoms with Crippen LogP contribution in [0, 0.1) is 5.92 Å². The summed E-state index contributed by atoms with van der Waals surface area (Å²) < 4.78 is 4.92. The molecule has 0 bridgehead atoms. The highest BCUT2D eigenvalue weighted by Crippen LogP contribution is 2.12. The molecule has 0 radical (unpaired) electrons. The molecule has 1 aliphatic heterocycles. The van der Waals surface area contributed by atoms with Crippen molar-refractivity contribution >= 4 is 11.9 Å². The third-order valence-electron chi connectivity index (χ3n) is 1.82. The van der Waals surface area contributed by atoms with Crippen LogP contribution in [0.5, 0.6) is 0 Å². The third-order valence-corrected chi connectivity index (χ3v) is 1.82. The van der Waals surface area contributed by atoms with E-state index in [1.54, 1.807) is 6.92 Å². The number of esters is 1. The summed E-state index contributed by atoms with van der Waals surface area (Å²) in [6.45, 7) is 5.29. The molecule has 1 fully saturated rings. The molecule has 4 nitrogen and oxygen atoms in total. The minimum Gasteiger partial charge on any atom is -0.450 e. The van der Waals surface area contributed by atoms with Crippen LogP contribution in [0.1, 0.15) is 20.8 Å². The van der Waals surface area contributed by atoms with Crippen LogP contribution in [0.2, 0.25) is 0 Å². The van der Waals surface area contributed by atoms with E-state index in [9.17, 15) is 9.59 Å². The average Bonchev–Trinajstić information content (AvgIpc) is 1.96. The third kappa shape index (κ3) is 1.57. The fraction of sp³-hybridized carbons (Fsp3) is 0.750. The van der Waals surface area contributed by atoms with Crippen LogP contribution in [0.15, 0.2) is 0 Å². The first-order valence-corrected chi connectivity index (χ1v) is 4.03. The van der Waals surface area contributed by atoms with Gasteiger partial charge in [-0.05, 0) is 12.8 Å². The van der Waals surface area contributed by atoms with E-state index >= 15 is 0 Å². The van der Waals surface area contributed by atoms with E-state index < -0.39 is 12.1 Å². The lowest BCUT2D eigenvalue weighted by Crippen LogP contribution is -2.54. The van der Waals surface area contributed by atoms with Gasteiger partial charge in [-0.2, -0.15) is 0 Å². The maximum atomic E-state index is 11.2. The summed E-state index contributed by atoms with van der Waals surface area (Å²) in [5.74, 6) is -0.521. The lowest BCUT2D eigenvalue weighted by molar-refractivity contribution is -0.167. The molecule has 1 rings (SSSR count). The second kappa shape index (κ2) is 3.13. The van der Waals surface area contributed by atoms with Gasteiger partial charge in [0.2, 0.25) is 0 Å². The Labute approximate surface area is 71.3 Å². The minimum atomic E-state index is -0.617. The Hall–Kier alpha value is -1.06. The summed E-state index contributed by atoms with van der Waals surface area (Å²) in [6, 6.07) is -0.507. The van der Waals surface area contributed by atoms with Crippen molar-refractivity contribution < 1.29 is 14.3 Å². The number of carbonyl (C=O) groups excluding carboxylic acids is 2. The summed E-state index contributed by atoms with van der Waals surface area (Å²) >= 11 is 0. The molecule has 1 N–H and O–H groups in total. The van der Waals surface area contributed by atoms with Crippen LogP contribution in [0.4, 0.5) is 0 Å². The maximum Gasteiger partial charge on any atom is 0.329 e. The van der Waals surface area contributed by atoms with E-state index in [1.165, 1.54) is 0 Å². The van der Waals surface area contributed by atoms with Gasteiger partial charge in [0.05, 0.1) is 0 Å². The Morgan fingerprint density at radius 1 is 1.42 bits per heavy atom. The van der Waals surface area contributed by atoms with Crippen molar-refractivity contribution in [2.24, 2.45) is 5.92 Å². The maximum absolute atomic E-state index is 11.2. The van der Waals surface area contributed by atoms with Gasteiger partial charge in [0.1, 0.15) is 6.04 Å². The van der Waals surface area contributed by atoms with Gasteiger partial charge in [0.25, 0.3) is 5.91 Å². The van der Waals surface area contributed by atoms with E-state index in [4.69, 9.17) is 4.74 Å². The normalized spacial score (nSPS) is 30.0. The molecule has 0 aliphatic carbocycles. The van der Waals surface area contributed by atoms with Crippen molar-refractivity contribution in [1.29, 1.82) is 0 Å². The number of ether oxygens (including phenoxy) is 1. The van der Waals surface area contributed by atoms with Crippen LogP contribution >= 0.6 is 0 Å². The standard InChI is InChI=1S/C8H13NO3/c1-4(2)6-7(10)9-5(3)8(11)12-6/h4-6H,1-3H3,(H,9,10). The highest BCUT2D eigenvalue weighted by atomic mass is 16.6. The predicted molar refractivity (Wildman–Crippen MR) is 42.3 cm³/mol. The Balaban J connectivity index is 2.68. The molecule has 0 saturated carbocycles. The summed E-state index contributed by atoms with van der Waals surface area (Å²) in [6.07, 6.45) is -0.617. The van der Waals surface area contributed by atoms with Crippen molar-refractivity contribution in [3.8, 4) is 0 Å². The highest BCUT2D eigenvalue weighted by Gasteiger charge is 2.34. The summed E-state index contributed by atoms with van der Waals surface area (Å²) in [5.41, 5.74) is 0. The topological polar surface area (TPSA) is 55.4 Å². The number of amides is 1. The van der Waals surface area contributed by atoms with Crippen LogP contribution < -0.4 is 5.32 Å². The quantitative estimate of drug-likeness (QED) is 0.568. The monoisotopic (exact) mass is 171 g/mol. The SMILES string of the molecule is CC1NC(=O)C(C(C)C)OC1=O. The van der Waals surface area contributed by atoms with Crippen LogP contribution in [0.3, 0.4) is 0 Å². The second-order valence-corrected chi connectivity index (χ2v) is 3.33. The van der Waals surface area contributed by atoms with Crippen molar-refractivity contribution in [2.45, 2.75) is 32.9 Å². The number of nitrogens with one attached hydrogen (secondary N) is 1. The predicted octanol–water partition coefficient (Wildman–Crippen LogP) is 0.0725. The lowest BCUT2D eigenvalue weighted by atomic mass is 10.0. The number of morpholine rings is 1. The fourth-order valence-corrected chi connectivity index (χ4v) is 1.07. The highest BCUT2D eigenvalue weighted by molar-refractivity contribution is 5.92. The van der Waals surface area contributed by atoms with E-state index in [0.29, 0.717) is 0 Å². The lowest BCUT2D eigenvalue weighted by Gasteiger charge is -2.28. The first-order chi connectivity index (χ1) is 5.52. The first kappa shape index (κ1) is 9.03. The van der Waals surface area contributed by atoms with Crippen molar-refractivity contribution in [2.75, 3.05) is 0 Å². The van der Waals surface area contributed by atoms with Gasteiger partial charge in [-0.25, -0.2) is 4.79 Å². The molecular weight excluding hydrogens is 158 g/mol. The molecule has 1 aliphatic rings. The molecule has 0 aromatic rings. The molecule has 4 heteroatoms. The van der Waals surface area contributed by atoms with Gasteiger partial charge in [-0.15, -0.1) is 0 Å². The van der Waals surface area contributed by atoms with Gasteiger partial charge >= 0.3 is 5.97 Å². The number of hydrogen-bond acceptors (Lipinski definition) is 3. The number of rotatable bonds is 1. The average molecular weight is 171 g/mol. The van der Waals surface area contributed by atoms with Gasteiger partial charge in [0.15, 0.2) is 6.10 Å². The van der Waals surface area contributed by atoms with E-state index in [1.807, 2.05) is 13.8 Å². The minimum absolute atomic E-state index is 0.0291. The van der Waals surface area contributed by atoms with E-state index in [2.05, 4.69) is 5.32 Å². The van der Waals surface area contributed by atoms with Crippen molar-refractivity contribution in [3.63, 3.8) is 0 Å². The number of carbonyl (C=O) groups is 2. The molecular formula is C8H13NO3. The molecule has 1 saturated heterocycles. The molecule has 68 valence electrons. The van der Waals surface area contributed by atoms with E-state index in [-0.39, 0.29) is 17.8 Å². The zero-order chi connectivity index (χ0) is 9.30. The number of cyclic esters (lactones) is 1. The largest absolute Gasteiger partial charge is 0.450 e. The van der Waals surface area contributed by atoms with Crippen LogP contribution in [-0.2, 0) is 14.3 Å². The Morgan fingerprint density at radius 3 is 2.50 bits per heavy atom. The van der Waals surface area contributed by atoms with Gasteiger partial charge in [-0.1, -0.05) is 13.8 Å². The molecule has 0 aromatic carbocycles. The zero-order valence-electron chi connectivity index (χ0n) is 7.46. The second-order valence-electron chi connectivity index (χ2n) is 3.33. The molecule has 0 aromatic heterocycles. The van der Waals surface area contributed by atoms with Gasteiger partial charge in [-0.3, -0.25) is 4.79 Å². The Morgan fingerprint density at radius 2 is 2.00 bits per heavy atom. The molecule has 1 amide bonds. The molecule has 2 unspecified atom stereocenters. The molecule has 2 atom stereocenters. The van der Waals surface area contributed by atoms with Crippen molar-refractivity contribution in [1.82, 2.24) is 5.32 Å². The molecule has 12 heavy (non-hydrogen) atoms. The summed E-state index contributed by atoms with van der Waals surface area (Å²) in [4.78, 5) is 22.2. The number of hydrogen-bond donors (Lipinski definition) is 1. The zero-order valence-corrected chi connectivity index (χ0v) is 7.46.